The van der Waals surface area contributed by atoms with Crippen molar-refractivity contribution < 1.29 is 31.2 Å². The highest BCUT2D eigenvalue weighted by atomic mass is 32.2. The molecule has 0 radical (unpaired) electrons. The molecule has 0 aliphatic rings. The van der Waals surface area contributed by atoms with E-state index in [1.54, 1.807) is 6.92 Å². The van der Waals surface area contributed by atoms with E-state index in [4.69, 9.17) is 15.6 Å². The zero-order chi connectivity index (χ0) is 16.3. The van der Waals surface area contributed by atoms with Crippen molar-refractivity contribution in [2.45, 2.75) is 23.1 Å². The monoisotopic (exact) mass is 339 g/mol. The van der Waals surface area contributed by atoms with E-state index in [0.29, 0.717) is 6.42 Å². The highest BCUT2D eigenvalue weighted by Gasteiger charge is 2.30. The molecule has 8 nitrogen and oxygen atoms in total. The number of benzene rings is 1. The van der Waals surface area contributed by atoms with Gasteiger partial charge in [0.05, 0.1) is 24.7 Å². The van der Waals surface area contributed by atoms with Gasteiger partial charge in [0.15, 0.2) is 15.6 Å². The number of ether oxygens (including phenoxy) is 1. The number of hydrogen-bond acceptors (Lipinski definition) is 7. The van der Waals surface area contributed by atoms with Crippen molar-refractivity contribution >= 4 is 25.6 Å². The Morgan fingerprint density at radius 3 is 2.33 bits per heavy atom. The van der Waals surface area contributed by atoms with Crippen molar-refractivity contribution in [2.24, 2.45) is 0 Å². The predicted molar refractivity (Wildman–Crippen MR) is 75.6 cm³/mol. The summed E-state index contributed by atoms with van der Waals surface area (Å²) in [6.45, 7) is 1.17. The number of nitrogens with two attached hydrogens (primary N) is 1. The largest absolute Gasteiger partial charge is 0.490 e. The molecular formula is C11H17NO7S2. The van der Waals surface area contributed by atoms with Crippen LogP contribution in [0.5, 0.6) is 5.75 Å². The third-order valence-corrected chi connectivity index (χ3v) is 5.28. The van der Waals surface area contributed by atoms with Gasteiger partial charge in [-0.25, -0.2) is 8.42 Å². The van der Waals surface area contributed by atoms with E-state index in [0.717, 1.165) is 12.1 Å². The normalized spacial score (nSPS) is 12.3. The summed E-state index contributed by atoms with van der Waals surface area (Å²) in [7, 11) is -9.00. The van der Waals surface area contributed by atoms with E-state index in [1.807, 2.05) is 0 Å². The van der Waals surface area contributed by atoms with Gasteiger partial charge in [-0.1, -0.05) is 6.92 Å². The molecule has 10 heteroatoms. The van der Waals surface area contributed by atoms with Gasteiger partial charge in [0.25, 0.3) is 10.1 Å². The second-order valence-electron chi connectivity index (χ2n) is 4.18. The summed E-state index contributed by atoms with van der Waals surface area (Å²) in [5.74, 6) is -1.05. The van der Waals surface area contributed by atoms with Crippen LogP contribution < -0.4 is 10.5 Å². The second kappa shape index (κ2) is 6.60. The number of aliphatic hydroxyl groups is 1. The van der Waals surface area contributed by atoms with Crippen molar-refractivity contribution in [3.63, 3.8) is 0 Å². The molecule has 0 heterocycles. The van der Waals surface area contributed by atoms with Gasteiger partial charge in [0.1, 0.15) is 9.79 Å². The minimum absolute atomic E-state index is 0.0765. The fraction of sp³-hybridized carbons (Fsp3) is 0.455. The van der Waals surface area contributed by atoms with Gasteiger partial charge in [0, 0.05) is 0 Å². The first-order chi connectivity index (χ1) is 9.65. The van der Waals surface area contributed by atoms with Gasteiger partial charge in [-0.3, -0.25) is 4.55 Å². The van der Waals surface area contributed by atoms with Crippen LogP contribution in [0.25, 0.3) is 0 Å². The lowest BCUT2D eigenvalue weighted by Gasteiger charge is -2.16. The average molecular weight is 339 g/mol. The Bertz CT molecular complexity index is 710. The Labute approximate surface area is 123 Å². The third kappa shape index (κ3) is 4.06. The molecule has 0 amide bonds. The molecule has 0 bridgehead atoms. The SMILES string of the molecule is CCCOc1c(N)ccc(S(=O)(=O)O)c1S(=O)(=O)CCO. The number of aliphatic hydroxyl groups excluding tert-OH is 1. The molecule has 120 valence electrons. The van der Waals surface area contributed by atoms with E-state index < -0.39 is 42.1 Å². The quantitative estimate of drug-likeness (QED) is 0.467. The van der Waals surface area contributed by atoms with Gasteiger partial charge in [0.2, 0.25) is 0 Å². The molecule has 0 fully saturated rings. The lowest BCUT2D eigenvalue weighted by molar-refractivity contribution is 0.307. The van der Waals surface area contributed by atoms with Crippen molar-refractivity contribution in [1.82, 2.24) is 0 Å². The first-order valence-electron chi connectivity index (χ1n) is 6.01. The van der Waals surface area contributed by atoms with Crippen molar-refractivity contribution in [3.8, 4) is 5.75 Å². The molecule has 21 heavy (non-hydrogen) atoms. The molecule has 0 unspecified atom stereocenters. The Morgan fingerprint density at radius 1 is 1.24 bits per heavy atom. The van der Waals surface area contributed by atoms with Crippen LogP contribution in [-0.4, -0.2) is 45.5 Å². The average Bonchev–Trinajstić information content (AvgIpc) is 2.35. The van der Waals surface area contributed by atoms with E-state index in [2.05, 4.69) is 0 Å². The van der Waals surface area contributed by atoms with Crippen LogP contribution in [0.4, 0.5) is 5.69 Å². The third-order valence-electron chi connectivity index (χ3n) is 2.51. The lowest BCUT2D eigenvalue weighted by atomic mass is 10.3. The molecule has 0 saturated heterocycles. The first-order valence-corrected chi connectivity index (χ1v) is 9.10. The molecule has 0 aliphatic carbocycles. The smallest absolute Gasteiger partial charge is 0.295 e. The predicted octanol–water partition coefficient (Wildman–Crippen LogP) is 0.0703. The summed E-state index contributed by atoms with van der Waals surface area (Å²) in [5.41, 5.74) is 5.56. The number of sulfone groups is 1. The molecule has 1 aromatic rings. The van der Waals surface area contributed by atoms with E-state index in [-0.39, 0.29) is 18.0 Å². The Morgan fingerprint density at radius 2 is 1.86 bits per heavy atom. The van der Waals surface area contributed by atoms with Crippen molar-refractivity contribution in [1.29, 1.82) is 0 Å². The summed E-state index contributed by atoms with van der Waals surface area (Å²) in [4.78, 5) is -1.55. The summed E-state index contributed by atoms with van der Waals surface area (Å²) < 4.78 is 61.5. The van der Waals surface area contributed by atoms with Crippen LogP contribution in [0.2, 0.25) is 0 Å². The lowest BCUT2D eigenvalue weighted by Crippen LogP contribution is -2.17. The molecule has 0 aliphatic heterocycles. The Kier molecular flexibility index (Phi) is 5.56. The van der Waals surface area contributed by atoms with Gasteiger partial charge in [-0.2, -0.15) is 8.42 Å². The summed E-state index contributed by atoms with van der Waals surface area (Å²) >= 11 is 0. The summed E-state index contributed by atoms with van der Waals surface area (Å²) in [6, 6.07) is 2.01. The molecule has 1 rings (SSSR count). The zero-order valence-electron chi connectivity index (χ0n) is 11.3. The van der Waals surface area contributed by atoms with Crippen molar-refractivity contribution in [3.05, 3.63) is 12.1 Å². The maximum Gasteiger partial charge on any atom is 0.295 e. The number of rotatable bonds is 7. The Hall–Kier alpha value is -1.36. The molecule has 0 aromatic heterocycles. The van der Waals surface area contributed by atoms with Crippen LogP contribution in [-0.2, 0) is 20.0 Å². The molecule has 4 N–H and O–H groups in total. The van der Waals surface area contributed by atoms with Crippen molar-refractivity contribution in [2.75, 3.05) is 24.7 Å². The van der Waals surface area contributed by atoms with Gasteiger partial charge >= 0.3 is 0 Å². The van der Waals surface area contributed by atoms with E-state index >= 15 is 0 Å². The Balaban J connectivity index is 3.71. The van der Waals surface area contributed by atoms with E-state index in [9.17, 15) is 21.4 Å². The minimum atomic E-state index is -4.80. The summed E-state index contributed by atoms with van der Waals surface area (Å²) in [6.07, 6.45) is 0.537. The van der Waals surface area contributed by atoms with Crippen LogP contribution in [0.15, 0.2) is 21.9 Å². The molecule has 1 aromatic carbocycles. The van der Waals surface area contributed by atoms with Gasteiger partial charge in [-0.15, -0.1) is 0 Å². The van der Waals surface area contributed by atoms with E-state index in [1.165, 1.54) is 0 Å². The topological polar surface area (TPSA) is 144 Å². The van der Waals surface area contributed by atoms with Crippen LogP contribution >= 0.6 is 0 Å². The summed E-state index contributed by atoms with van der Waals surface area (Å²) in [5, 5.41) is 8.83. The first kappa shape index (κ1) is 17.7. The maximum absolute atomic E-state index is 12.2. The molecule has 0 spiro atoms. The van der Waals surface area contributed by atoms with Crippen LogP contribution in [0.1, 0.15) is 13.3 Å². The standard InChI is InChI=1S/C11H17NO7S2/c1-2-6-19-10-8(12)3-4-9(21(16,17)18)11(10)20(14,15)7-5-13/h3-4,13H,2,5-7,12H2,1H3,(H,16,17,18). The van der Waals surface area contributed by atoms with Gasteiger partial charge in [-0.05, 0) is 18.6 Å². The van der Waals surface area contributed by atoms with Gasteiger partial charge < -0.3 is 15.6 Å². The number of hydrogen-bond donors (Lipinski definition) is 3. The number of anilines is 1. The number of nitrogen functional groups attached to an aromatic ring is 1. The fourth-order valence-electron chi connectivity index (χ4n) is 1.63. The fourth-order valence-corrected chi connectivity index (χ4v) is 4.17. The highest BCUT2D eigenvalue weighted by Crippen LogP contribution is 2.36. The maximum atomic E-state index is 12.2. The molecular weight excluding hydrogens is 322 g/mol. The zero-order valence-corrected chi connectivity index (χ0v) is 12.9. The minimum Gasteiger partial charge on any atom is -0.490 e. The second-order valence-corrected chi connectivity index (χ2v) is 7.61. The molecule has 0 saturated carbocycles. The molecule has 0 atom stereocenters. The van der Waals surface area contributed by atoms with Crippen LogP contribution in [0.3, 0.4) is 0 Å². The highest BCUT2D eigenvalue weighted by molar-refractivity contribution is 7.93. The van der Waals surface area contributed by atoms with Crippen LogP contribution in [0, 0.1) is 0 Å².